The molecule has 1 saturated heterocycles. The van der Waals surface area contributed by atoms with Crippen LogP contribution in [0.3, 0.4) is 0 Å². The molecule has 1 aromatic rings. The first-order valence-electron chi connectivity index (χ1n) is 5.68. The Bertz CT molecular complexity index is 472. The van der Waals surface area contributed by atoms with Crippen LogP contribution < -0.4 is 5.11 Å². The van der Waals surface area contributed by atoms with Crippen LogP contribution in [0.5, 0.6) is 0 Å². The molecule has 0 unspecified atom stereocenters. The highest BCUT2D eigenvalue weighted by atomic mass is 32.2. The van der Waals surface area contributed by atoms with E-state index in [1.165, 1.54) is 23.6 Å². The van der Waals surface area contributed by atoms with Crippen molar-refractivity contribution in [2.24, 2.45) is 0 Å². The minimum absolute atomic E-state index is 0.231. The maximum Gasteiger partial charge on any atom is 0.221 e. The van der Waals surface area contributed by atoms with Gasteiger partial charge in [0.25, 0.3) is 0 Å². The molecule has 0 saturated carbocycles. The standard InChI is InChI=1S/C13H15NO3S/c1-8-3-5-10(6-4-8)12-14(9(2)15)11(7-18-12)13(16)17/h3-6,11-12H,7H2,1-2H3,(H,16,17)/p-1/t11-,12-/m1/s1. The van der Waals surface area contributed by atoms with E-state index in [1.54, 1.807) is 0 Å². The number of nitrogens with zero attached hydrogens (tertiary/aromatic N) is 1. The summed E-state index contributed by atoms with van der Waals surface area (Å²) in [6.45, 7) is 3.38. The molecule has 0 spiro atoms. The molecule has 18 heavy (non-hydrogen) atoms. The third-order valence-corrected chi connectivity index (χ3v) is 4.32. The van der Waals surface area contributed by atoms with Gasteiger partial charge in [-0.3, -0.25) is 4.79 Å². The fraction of sp³-hybridized carbons (Fsp3) is 0.385. The first kappa shape index (κ1) is 13.0. The summed E-state index contributed by atoms with van der Waals surface area (Å²) in [5, 5.41) is 10.8. The number of carbonyl (C=O) groups excluding carboxylic acids is 2. The van der Waals surface area contributed by atoms with E-state index in [2.05, 4.69) is 0 Å². The van der Waals surface area contributed by atoms with Crippen LogP contribution in [0.1, 0.15) is 23.4 Å². The van der Waals surface area contributed by atoms with Crippen LogP contribution in [0, 0.1) is 6.92 Å². The quantitative estimate of drug-likeness (QED) is 0.789. The summed E-state index contributed by atoms with van der Waals surface area (Å²) in [7, 11) is 0. The molecule has 1 aliphatic heterocycles. The zero-order chi connectivity index (χ0) is 13.3. The molecule has 0 aromatic heterocycles. The lowest BCUT2D eigenvalue weighted by Crippen LogP contribution is -2.48. The van der Waals surface area contributed by atoms with E-state index in [9.17, 15) is 14.7 Å². The second kappa shape index (κ2) is 5.02. The second-order valence-electron chi connectivity index (χ2n) is 4.36. The number of aryl methyl sites for hydroxylation is 1. The maximum atomic E-state index is 11.6. The lowest BCUT2D eigenvalue weighted by atomic mass is 10.1. The Morgan fingerprint density at radius 2 is 1.94 bits per heavy atom. The highest BCUT2D eigenvalue weighted by Gasteiger charge is 2.37. The van der Waals surface area contributed by atoms with Gasteiger partial charge in [-0.2, -0.15) is 0 Å². The van der Waals surface area contributed by atoms with Crippen molar-refractivity contribution in [3.05, 3.63) is 35.4 Å². The molecule has 2 atom stereocenters. The van der Waals surface area contributed by atoms with Crippen LogP contribution in [0.25, 0.3) is 0 Å². The van der Waals surface area contributed by atoms with Gasteiger partial charge in [-0.25, -0.2) is 0 Å². The number of amides is 1. The predicted molar refractivity (Wildman–Crippen MR) is 67.7 cm³/mol. The Hall–Kier alpha value is -1.49. The van der Waals surface area contributed by atoms with Gasteiger partial charge in [0, 0.05) is 12.7 Å². The number of carbonyl (C=O) groups is 2. The average Bonchev–Trinajstić information content (AvgIpc) is 2.74. The summed E-state index contributed by atoms with van der Waals surface area (Å²) < 4.78 is 0. The number of carboxylic acid groups (broad SMARTS) is 1. The topological polar surface area (TPSA) is 60.4 Å². The van der Waals surface area contributed by atoms with Crippen molar-refractivity contribution < 1.29 is 14.7 Å². The van der Waals surface area contributed by atoms with Gasteiger partial charge in [-0.05, 0) is 12.5 Å². The molecular weight excluding hydrogens is 250 g/mol. The van der Waals surface area contributed by atoms with E-state index in [4.69, 9.17) is 0 Å². The molecule has 1 fully saturated rings. The Balaban J connectivity index is 2.30. The second-order valence-corrected chi connectivity index (χ2v) is 5.47. The first-order chi connectivity index (χ1) is 8.50. The summed E-state index contributed by atoms with van der Waals surface area (Å²) in [4.78, 5) is 24.1. The number of hydrogen-bond donors (Lipinski definition) is 0. The molecule has 0 aliphatic carbocycles. The van der Waals surface area contributed by atoms with Crippen LogP contribution >= 0.6 is 11.8 Å². The lowest BCUT2D eigenvalue weighted by molar-refractivity contribution is -0.310. The van der Waals surface area contributed by atoms with Gasteiger partial charge in [0.05, 0.1) is 12.0 Å². The third kappa shape index (κ3) is 2.36. The average molecular weight is 264 g/mol. The van der Waals surface area contributed by atoms with Crippen molar-refractivity contribution in [3.63, 3.8) is 0 Å². The molecule has 1 aromatic carbocycles. The van der Waals surface area contributed by atoms with E-state index >= 15 is 0 Å². The lowest BCUT2D eigenvalue weighted by Gasteiger charge is -2.29. The van der Waals surface area contributed by atoms with E-state index in [0.29, 0.717) is 5.75 Å². The molecule has 1 heterocycles. The number of carboxylic acids is 1. The predicted octanol–water partition coefficient (Wildman–Crippen LogP) is 0.707. The fourth-order valence-corrected chi connectivity index (χ4v) is 3.53. The van der Waals surface area contributed by atoms with Gasteiger partial charge in [0.15, 0.2) is 0 Å². The van der Waals surface area contributed by atoms with Crippen LogP contribution in [-0.4, -0.2) is 28.6 Å². The van der Waals surface area contributed by atoms with Gasteiger partial charge in [-0.15, -0.1) is 11.8 Å². The van der Waals surface area contributed by atoms with Gasteiger partial charge in [0.2, 0.25) is 5.91 Å². The molecule has 2 rings (SSSR count). The molecule has 0 radical (unpaired) electrons. The summed E-state index contributed by atoms with van der Waals surface area (Å²) in [5.41, 5.74) is 2.08. The number of aliphatic carboxylic acids is 1. The van der Waals surface area contributed by atoms with Crippen molar-refractivity contribution >= 4 is 23.6 Å². The molecule has 1 amide bonds. The Morgan fingerprint density at radius 1 is 1.33 bits per heavy atom. The van der Waals surface area contributed by atoms with Gasteiger partial charge in [0.1, 0.15) is 5.37 Å². The van der Waals surface area contributed by atoms with Crippen molar-refractivity contribution in [3.8, 4) is 0 Å². The molecule has 0 bridgehead atoms. The largest absolute Gasteiger partial charge is 0.548 e. The highest BCUT2D eigenvalue weighted by Crippen LogP contribution is 2.41. The SMILES string of the molecule is CC(=O)N1[C@@H](C(=O)[O-])CS[C@@H]1c1ccc(C)cc1. The zero-order valence-corrected chi connectivity index (χ0v) is 11.1. The molecule has 0 N–H and O–H groups in total. The van der Waals surface area contributed by atoms with E-state index in [-0.39, 0.29) is 11.3 Å². The number of benzene rings is 1. The molecule has 5 heteroatoms. The Morgan fingerprint density at radius 3 is 2.44 bits per heavy atom. The fourth-order valence-electron chi connectivity index (χ4n) is 2.06. The normalized spacial score (nSPS) is 23.1. The monoisotopic (exact) mass is 264 g/mol. The van der Waals surface area contributed by atoms with Crippen molar-refractivity contribution in [2.45, 2.75) is 25.3 Å². The van der Waals surface area contributed by atoms with Crippen molar-refractivity contribution in [1.82, 2.24) is 4.90 Å². The van der Waals surface area contributed by atoms with Gasteiger partial charge >= 0.3 is 0 Å². The minimum atomic E-state index is -1.19. The summed E-state index contributed by atoms with van der Waals surface area (Å²) >= 11 is 1.46. The first-order valence-corrected chi connectivity index (χ1v) is 6.73. The van der Waals surface area contributed by atoms with Crippen LogP contribution in [-0.2, 0) is 9.59 Å². The smallest absolute Gasteiger partial charge is 0.221 e. The number of thioether (sulfide) groups is 1. The van der Waals surface area contributed by atoms with Crippen LogP contribution in [0.2, 0.25) is 0 Å². The van der Waals surface area contributed by atoms with Gasteiger partial charge in [-0.1, -0.05) is 29.8 Å². The maximum absolute atomic E-state index is 11.6. The molecule has 96 valence electrons. The summed E-state index contributed by atoms with van der Waals surface area (Å²) in [6, 6.07) is 6.95. The summed E-state index contributed by atoms with van der Waals surface area (Å²) in [6.07, 6.45) is 0. The zero-order valence-electron chi connectivity index (χ0n) is 10.3. The Kier molecular flexibility index (Phi) is 3.61. The van der Waals surface area contributed by atoms with Crippen LogP contribution in [0.4, 0.5) is 0 Å². The van der Waals surface area contributed by atoms with E-state index < -0.39 is 12.0 Å². The number of hydrogen-bond acceptors (Lipinski definition) is 4. The van der Waals surface area contributed by atoms with E-state index in [1.807, 2.05) is 31.2 Å². The summed E-state index contributed by atoms with van der Waals surface area (Å²) in [5.74, 6) is -1.05. The van der Waals surface area contributed by atoms with Crippen LogP contribution in [0.15, 0.2) is 24.3 Å². The third-order valence-electron chi connectivity index (χ3n) is 3.00. The number of rotatable bonds is 2. The molecule has 4 nitrogen and oxygen atoms in total. The highest BCUT2D eigenvalue weighted by molar-refractivity contribution is 7.99. The minimum Gasteiger partial charge on any atom is -0.548 e. The Labute approximate surface area is 110 Å². The molecular formula is C13H14NO3S-. The van der Waals surface area contributed by atoms with Gasteiger partial charge < -0.3 is 14.8 Å². The van der Waals surface area contributed by atoms with Crippen molar-refractivity contribution in [1.29, 1.82) is 0 Å². The van der Waals surface area contributed by atoms with Crippen molar-refractivity contribution in [2.75, 3.05) is 5.75 Å². The molecule has 1 aliphatic rings. The van der Waals surface area contributed by atoms with E-state index in [0.717, 1.165) is 11.1 Å².